The fraction of sp³-hybridized carbons (Fsp3) is 0.308. The van der Waals surface area contributed by atoms with E-state index >= 15 is 0 Å². The Morgan fingerprint density at radius 2 is 1.71 bits per heavy atom. The third-order valence-corrected chi connectivity index (χ3v) is 4.79. The van der Waals surface area contributed by atoms with Crippen molar-refractivity contribution >= 4 is 21.9 Å². The summed E-state index contributed by atoms with van der Waals surface area (Å²) < 4.78 is 102. The molecule has 0 saturated heterocycles. The number of sulfonamides is 1. The Labute approximate surface area is 153 Å². The summed E-state index contributed by atoms with van der Waals surface area (Å²) in [6, 6.07) is 1.63. The standard InChI is InChI=1S/C13H11F6N5O3S/c1-6(9(25)20-11-21-10(22-23-11)13(17,18)19)24-28(26,27)8-5-3-2-4-7(8)12(14,15)16/h2-6,24H,1H3,(H2,20,21,22,23,25)/t6-/m0/s1. The number of nitrogens with zero attached hydrogens (tertiary/aromatic N) is 2. The molecule has 1 heterocycles. The van der Waals surface area contributed by atoms with E-state index in [2.05, 4.69) is 10.1 Å². The molecule has 1 amide bonds. The van der Waals surface area contributed by atoms with Gasteiger partial charge in [0.15, 0.2) is 0 Å². The number of aromatic nitrogens is 3. The van der Waals surface area contributed by atoms with Crippen LogP contribution in [0.25, 0.3) is 0 Å². The van der Waals surface area contributed by atoms with Crippen LogP contribution >= 0.6 is 0 Å². The Morgan fingerprint density at radius 3 is 2.25 bits per heavy atom. The SMILES string of the molecule is C[C@H](NS(=O)(=O)c1ccccc1C(F)(F)F)C(=O)Nc1n[nH]c(C(F)(F)F)n1. The highest BCUT2D eigenvalue weighted by Crippen LogP contribution is 2.34. The number of hydrogen-bond donors (Lipinski definition) is 3. The molecule has 3 N–H and O–H groups in total. The van der Waals surface area contributed by atoms with Crippen LogP contribution in [0.1, 0.15) is 18.3 Å². The van der Waals surface area contributed by atoms with Crippen molar-refractivity contribution in [2.45, 2.75) is 30.2 Å². The Hall–Kier alpha value is -2.68. The second-order valence-corrected chi connectivity index (χ2v) is 7.01. The van der Waals surface area contributed by atoms with Gasteiger partial charge < -0.3 is 0 Å². The largest absolute Gasteiger partial charge is 0.451 e. The lowest BCUT2D eigenvalue weighted by Crippen LogP contribution is -2.42. The van der Waals surface area contributed by atoms with E-state index in [1.54, 1.807) is 4.72 Å². The summed E-state index contributed by atoms with van der Waals surface area (Å²) >= 11 is 0. The molecule has 28 heavy (non-hydrogen) atoms. The number of anilines is 1. The molecule has 1 aromatic carbocycles. The highest BCUT2D eigenvalue weighted by Gasteiger charge is 2.38. The van der Waals surface area contributed by atoms with Gasteiger partial charge in [-0.1, -0.05) is 12.1 Å². The number of alkyl halides is 6. The number of rotatable bonds is 5. The molecule has 0 unspecified atom stereocenters. The minimum absolute atomic E-state index is 0.547. The lowest BCUT2D eigenvalue weighted by Gasteiger charge is -2.16. The van der Waals surface area contributed by atoms with E-state index in [1.165, 1.54) is 5.10 Å². The quantitative estimate of drug-likeness (QED) is 0.628. The lowest BCUT2D eigenvalue weighted by molar-refractivity contribution is -0.144. The second kappa shape index (κ2) is 7.38. The van der Waals surface area contributed by atoms with E-state index in [0.717, 1.165) is 19.1 Å². The maximum absolute atomic E-state index is 13.0. The van der Waals surface area contributed by atoms with E-state index in [0.29, 0.717) is 12.1 Å². The van der Waals surface area contributed by atoms with Crippen molar-refractivity contribution in [1.82, 2.24) is 19.9 Å². The first-order valence-electron chi connectivity index (χ1n) is 7.21. The number of aromatic amines is 1. The number of halogens is 6. The van der Waals surface area contributed by atoms with Crippen molar-refractivity contribution < 1.29 is 39.6 Å². The van der Waals surface area contributed by atoms with Crippen molar-refractivity contribution in [2.24, 2.45) is 0 Å². The monoisotopic (exact) mass is 431 g/mol. The molecule has 0 aliphatic rings. The zero-order chi connectivity index (χ0) is 21.3. The van der Waals surface area contributed by atoms with Crippen LogP contribution in [0.2, 0.25) is 0 Å². The maximum atomic E-state index is 13.0. The van der Waals surface area contributed by atoms with Gasteiger partial charge in [-0.3, -0.25) is 15.2 Å². The molecule has 0 fully saturated rings. The molecule has 0 aliphatic heterocycles. The second-order valence-electron chi connectivity index (χ2n) is 5.33. The molecule has 154 valence electrons. The van der Waals surface area contributed by atoms with Crippen molar-refractivity contribution in [1.29, 1.82) is 0 Å². The minimum Gasteiger partial charge on any atom is -0.292 e. The summed E-state index contributed by atoms with van der Waals surface area (Å²) in [5, 5.41) is 6.43. The fourth-order valence-electron chi connectivity index (χ4n) is 1.95. The number of amides is 1. The molecule has 0 bridgehead atoms. The van der Waals surface area contributed by atoms with Gasteiger partial charge in [0.05, 0.1) is 16.5 Å². The van der Waals surface area contributed by atoms with Gasteiger partial charge in [0.2, 0.25) is 27.7 Å². The first-order valence-corrected chi connectivity index (χ1v) is 8.69. The predicted octanol–water partition coefficient (Wildman–Crippen LogP) is 2.15. The molecule has 1 aromatic heterocycles. The number of carbonyl (C=O) groups is 1. The summed E-state index contributed by atoms with van der Waals surface area (Å²) in [7, 11) is -4.79. The van der Waals surface area contributed by atoms with Crippen LogP contribution in [0.15, 0.2) is 29.2 Å². The number of H-pyrrole nitrogens is 1. The number of hydrogen-bond acceptors (Lipinski definition) is 5. The highest BCUT2D eigenvalue weighted by molar-refractivity contribution is 7.89. The van der Waals surface area contributed by atoms with Crippen molar-refractivity contribution in [3.63, 3.8) is 0 Å². The van der Waals surface area contributed by atoms with Crippen molar-refractivity contribution in [2.75, 3.05) is 5.32 Å². The van der Waals surface area contributed by atoms with Gasteiger partial charge in [-0.15, -0.1) is 5.10 Å². The molecule has 0 radical (unpaired) electrons. The van der Waals surface area contributed by atoms with Gasteiger partial charge in [0, 0.05) is 0 Å². The summed E-state index contributed by atoms with van der Waals surface area (Å²) in [5.74, 6) is -3.49. The molecule has 2 rings (SSSR count). The average Bonchev–Trinajstić information content (AvgIpc) is 3.02. The van der Waals surface area contributed by atoms with Crippen LogP contribution in [-0.4, -0.2) is 35.5 Å². The topological polar surface area (TPSA) is 117 Å². The van der Waals surface area contributed by atoms with Gasteiger partial charge in [-0.25, -0.2) is 8.42 Å². The number of benzene rings is 1. The molecule has 0 aliphatic carbocycles. The minimum atomic E-state index is -4.97. The van der Waals surface area contributed by atoms with Gasteiger partial charge in [0.25, 0.3) is 0 Å². The third-order valence-electron chi connectivity index (χ3n) is 3.20. The molecule has 2 aromatic rings. The third kappa shape index (κ3) is 4.98. The Kier molecular flexibility index (Phi) is 5.70. The van der Waals surface area contributed by atoms with Gasteiger partial charge in [-0.2, -0.15) is 36.0 Å². The van der Waals surface area contributed by atoms with Crippen molar-refractivity contribution in [3.8, 4) is 0 Å². The Morgan fingerprint density at radius 1 is 1.11 bits per heavy atom. The van der Waals surface area contributed by atoms with E-state index < -0.39 is 56.6 Å². The first kappa shape index (κ1) is 21.6. The van der Waals surface area contributed by atoms with E-state index in [-0.39, 0.29) is 0 Å². The van der Waals surface area contributed by atoms with Crippen LogP contribution < -0.4 is 10.0 Å². The van der Waals surface area contributed by atoms with Crippen LogP contribution in [0.3, 0.4) is 0 Å². The van der Waals surface area contributed by atoms with E-state index in [4.69, 9.17) is 0 Å². The molecule has 15 heteroatoms. The van der Waals surface area contributed by atoms with Gasteiger partial charge >= 0.3 is 12.4 Å². The maximum Gasteiger partial charge on any atom is 0.451 e. The summed E-state index contributed by atoms with van der Waals surface area (Å²) in [4.78, 5) is 13.8. The molecule has 0 spiro atoms. The zero-order valence-electron chi connectivity index (χ0n) is 13.7. The van der Waals surface area contributed by atoms with Crippen LogP contribution in [0.4, 0.5) is 32.3 Å². The van der Waals surface area contributed by atoms with Gasteiger partial charge in [0.1, 0.15) is 0 Å². The molecular formula is C13H11F6N5O3S. The van der Waals surface area contributed by atoms with Crippen LogP contribution in [0.5, 0.6) is 0 Å². The summed E-state index contributed by atoms with van der Waals surface area (Å²) in [6.07, 6.45) is -9.83. The lowest BCUT2D eigenvalue weighted by atomic mass is 10.2. The normalized spacial score (nSPS) is 14.0. The number of nitrogens with one attached hydrogen (secondary N) is 3. The highest BCUT2D eigenvalue weighted by atomic mass is 32.2. The van der Waals surface area contributed by atoms with Crippen LogP contribution in [-0.2, 0) is 27.2 Å². The molecule has 8 nitrogen and oxygen atoms in total. The van der Waals surface area contributed by atoms with Crippen molar-refractivity contribution in [3.05, 3.63) is 35.7 Å². The first-order chi connectivity index (χ1) is 12.7. The summed E-state index contributed by atoms with van der Waals surface area (Å²) in [6.45, 7) is 0.973. The molecular weight excluding hydrogens is 420 g/mol. The smallest absolute Gasteiger partial charge is 0.292 e. The van der Waals surface area contributed by atoms with Gasteiger partial charge in [-0.05, 0) is 19.1 Å². The zero-order valence-corrected chi connectivity index (χ0v) is 14.5. The van der Waals surface area contributed by atoms with E-state index in [1.807, 2.05) is 5.32 Å². The van der Waals surface area contributed by atoms with E-state index in [9.17, 15) is 39.6 Å². The molecule has 1 atom stereocenters. The average molecular weight is 431 g/mol. The molecule has 0 saturated carbocycles. The fourth-order valence-corrected chi connectivity index (χ4v) is 3.38. The summed E-state index contributed by atoms with van der Waals surface area (Å²) in [5.41, 5.74) is -1.45. The van der Waals surface area contributed by atoms with Crippen LogP contribution in [0, 0.1) is 0 Å². The number of carbonyl (C=O) groups excluding carboxylic acids is 1. The Bertz CT molecular complexity index is 970. The Balaban J connectivity index is 2.17. The predicted molar refractivity (Wildman–Crippen MR) is 81.2 cm³/mol.